The second-order valence-electron chi connectivity index (χ2n) is 4.51. The fraction of sp³-hybridized carbons (Fsp3) is 0.308. The molecule has 4 nitrogen and oxygen atoms in total. The summed E-state index contributed by atoms with van der Waals surface area (Å²) in [5.41, 5.74) is 8.90. The smallest absolute Gasteiger partial charge is 0.0852 e. The Kier molecular flexibility index (Phi) is 2.28. The predicted octanol–water partition coefficient (Wildman–Crippen LogP) is 1.16. The summed E-state index contributed by atoms with van der Waals surface area (Å²) in [5.74, 6) is 0. The van der Waals surface area contributed by atoms with Crippen molar-refractivity contribution in [2.75, 3.05) is 5.73 Å². The zero-order chi connectivity index (χ0) is 12.0. The van der Waals surface area contributed by atoms with Gasteiger partial charge in [-0.25, -0.2) is 0 Å². The first-order chi connectivity index (χ1) is 8.16. The zero-order valence-electron chi connectivity index (χ0n) is 9.30. The number of fused-ring (bicyclic) bond motifs is 2. The predicted molar refractivity (Wildman–Crippen MR) is 65.4 cm³/mol. The molecule has 88 valence electrons. The van der Waals surface area contributed by atoms with Crippen LogP contribution in [0.1, 0.15) is 23.8 Å². The number of aliphatic hydroxyl groups excluding tert-OH is 2. The molecule has 0 radical (unpaired) electrons. The van der Waals surface area contributed by atoms with E-state index in [1.165, 1.54) is 0 Å². The first-order valence-corrected chi connectivity index (χ1v) is 5.70. The summed E-state index contributed by atoms with van der Waals surface area (Å²) in [5, 5.41) is 20.5. The highest BCUT2D eigenvalue weighted by Gasteiger charge is 2.28. The number of nitrogen functional groups attached to an aromatic ring is 1. The summed E-state index contributed by atoms with van der Waals surface area (Å²) in [6.07, 6.45) is -0.463. The van der Waals surface area contributed by atoms with Crippen molar-refractivity contribution >= 4 is 16.6 Å². The number of nitrogens with two attached hydrogens (primary N) is 1. The maximum absolute atomic E-state index is 9.99. The number of pyridine rings is 1. The molecular formula is C13H14N2O2. The maximum Gasteiger partial charge on any atom is 0.0852 e. The van der Waals surface area contributed by atoms with Gasteiger partial charge < -0.3 is 15.9 Å². The third-order valence-corrected chi connectivity index (χ3v) is 3.31. The van der Waals surface area contributed by atoms with E-state index in [0.717, 1.165) is 10.9 Å². The Hall–Kier alpha value is -1.65. The molecule has 0 spiro atoms. The molecule has 1 aliphatic rings. The lowest BCUT2D eigenvalue weighted by atomic mass is 9.89. The van der Waals surface area contributed by atoms with E-state index in [9.17, 15) is 10.2 Å². The molecule has 0 saturated carbocycles. The zero-order valence-corrected chi connectivity index (χ0v) is 9.30. The van der Waals surface area contributed by atoms with Crippen LogP contribution in [0.4, 0.5) is 5.69 Å². The van der Waals surface area contributed by atoms with Gasteiger partial charge in [-0.3, -0.25) is 4.98 Å². The fourth-order valence-electron chi connectivity index (χ4n) is 2.51. The summed E-state index contributed by atoms with van der Waals surface area (Å²) < 4.78 is 0. The Morgan fingerprint density at radius 1 is 1.24 bits per heavy atom. The number of rotatable bonds is 0. The lowest BCUT2D eigenvalue weighted by Gasteiger charge is -2.26. The molecule has 0 bridgehead atoms. The molecule has 1 heterocycles. The Labute approximate surface area is 98.7 Å². The number of nitrogens with zero attached hydrogens (tertiary/aromatic N) is 1. The van der Waals surface area contributed by atoms with Gasteiger partial charge in [0.15, 0.2) is 0 Å². The van der Waals surface area contributed by atoms with Crippen LogP contribution in [-0.4, -0.2) is 21.3 Å². The van der Waals surface area contributed by atoms with Crippen LogP contribution in [0.25, 0.3) is 10.9 Å². The van der Waals surface area contributed by atoms with Gasteiger partial charge in [-0.2, -0.15) is 0 Å². The Balaban J connectivity index is 2.31. The summed E-state index contributed by atoms with van der Waals surface area (Å²) >= 11 is 0. The molecule has 4 N–H and O–H groups in total. The molecule has 2 unspecified atom stereocenters. The average Bonchev–Trinajstić information content (AvgIpc) is 2.28. The molecule has 0 saturated heterocycles. The number of aromatic nitrogens is 1. The van der Waals surface area contributed by atoms with Crippen LogP contribution >= 0.6 is 0 Å². The molecule has 17 heavy (non-hydrogen) atoms. The van der Waals surface area contributed by atoms with Crippen molar-refractivity contribution in [2.24, 2.45) is 0 Å². The molecule has 0 amide bonds. The molecule has 2 atom stereocenters. The highest BCUT2D eigenvalue weighted by molar-refractivity contribution is 5.92. The average molecular weight is 230 g/mol. The van der Waals surface area contributed by atoms with E-state index in [2.05, 4.69) is 4.98 Å². The highest BCUT2D eigenvalue weighted by atomic mass is 16.3. The van der Waals surface area contributed by atoms with Crippen molar-refractivity contribution in [1.82, 2.24) is 4.98 Å². The van der Waals surface area contributed by atoms with Crippen molar-refractivity contribution in [1.29, 1.82) is 0 Å². The number of benzene rings is 1. The van der Waals surface area contributed by atoms with E-state index >= 15 is 0 Å². The molecule has 4 heteroatoms. The highest BCUT2D eigenvalue weighted by Crippen LogP contribution is 2.36. The third-order valence-electron chi connectivity index (χ3n) is 3.31. The molecule has 1 aromatic heterocycles. The normalized spacial score (nSPS) is 23.6. The molecule has 3 rings (SSSR count). The first kappa shape index (κ1) is 10.5. The SMILES string of the molecule is Nc1c2c(nc3ccccc13)CC(O)CC2O. The Morgan fingerprint density at radius 3 is 2.82 bits per heavy atom. The van der Waals surface area contributed by atoms with E-state index in [0.29, 0.717) is 29.8 Å². The van der Waals surface area contributed by atoms with Crippen molar-refractivity contribution in [3.8, 4) is 0 Å². The summed E-state index contributed by atoms with van der Waals surface area (Å²) in [4.78, 5) is 4.48. The van der Waals surface area contributed by atoms with Crippen LogP contribution in [0.2, 0.25) is 0 Å². The van der Waals surface area contributed by atoms with Gasteiger partial charge >= 0.3 is 0 Å². The van der Waals surface area contributed by atoms with Gasteiger partial charge in [-0.1, -0.05) is 18.2 Å². The van der Waals surface area contributed by atoms with Crippen molar-refractivity contribution in [3.63, 3.8) is 0 Å². The van der Waals surface area contributed by atoms with Crippen LogP contribution in [0, 0.1) is 0 Å². The molecule has 0 aliphatic heterocycles. The number of para-hydroxylation sites is 1. The maximum atomic E-state index is 9.99. The first-order valence-electron chi connectivity index (χ1n) is 5.70. The second kappa shape index (κ2) is 3.68. The van der Waals surface area contributed by atoms with Crippen LogP contribution in [0.3, 0.4) is 0 Å². The van der Waals surface area contributed by atoms with Crippen molar-refractivity contribution in [3.05, 3.63) is 35.5 Å². The molecule has 2 aromatic rings. The van der Waals surface area contributed by atoms with Gasteiger partial charge in [-0.15, -0.1) is 0 Å². The number of hydrogen-bond acceptors (Lipinski definition) is 4. The lowest BCUT2D eigenvalue weighted by Crippen LogP contribution is -2.24. The minimum absolute atomic E-state index is 0.331. The van der Waals surface area contributed by atoms with Crippen LogP contribution in [0.15, 0.2) is 24.3 Å². The minimum Gasteiger partial charge on any atom is -0.398 e. The fourth-order valence-corrected chi connectivity index (χ4v) is 2.51. The van der Waals surface area contributed by atoms with Crippen molar-refractivity contribution < 1.29 is 10.2 Å². The van der Waals surface area contributed by atoms with E-state index < -0.39 is 12.2 Å². The van der Waals surface area contributed by atoms with Gasteiger partial charge in [0.1, 0.15) is 0 Å². The number of hydrogen-bond donors (Lipinski definition) is 3. The second-order valence-corrected chi connectivity index (χ2v) is 4.51. The van der Waals surface area contributed by atoms with E-state index in [-0.39, 0.29) is 0 Å². The topological polar surface area (TPSA) is 79.4 Å². The van der Waals surface area contributed by atoms with Crippen molar-refractivity contribution in [2.45, 2.75) is 25.0 Å². The Bertz CT molecular complexity index is 583. The summed E-state index contributed by atoms with van der Waals surface area (Å²) in [6, 6.07) is 7.59. The van der Waals surface area contributed by atoms with E-state index in [4.69, 9.17) is 5.73 Å². The third kappa shape index (κ3) is 1.57. The lowest BCUT2D eigenvalue weighted by molar-refractivity contribution is 0.0676. The van der Waals surface area contributed by atoms with Crippen LogP contribution in [-0.2, 0) is 6.42 Å². The number of anilines is 1. The monoisotopic (exact) mass is 230 g/mol. The minimum atomic E-state index is -0.717. The van der Waals surface area contributed by atoms with Gasteiger partial charge in [0.25, 0.3) is 0 Å². The van der Waals surface area contributed by atoms with Gasteiger partial charge in [0.05, 0.1) is 23.4 Å². The van der Waals surface area contributed by atoms with E-state index in [1.807, 2.05) is 24.3 Å². The molecule has 0 fully saturated rings. The number of aliphatic hydroxyl groups is 2. The van der Waals surface area contributed by atoms with Gasteiger partial charge in [-0.05, 0) is 6.07 Å². The van der Waals surface area contributed by atoms with Gasteiger partial charge in [0, 0.05) is 29.5 Å². The molecular weight excluding hydrogens is 216 g/mol. The van der Waals surface area contributed by atoms with Crippen LogP contribution in [0.5, 0.6) is 0 Å². The largest absolute Gasteiger partial charge is 0.398 e. The molecule has 1 aliphatic carbocycles. The standard InChI is InChI=1S/C13H14N2O2/c14-13-8-3-1-2-4-9(8)15-10-5-7(16)6-11(17)12(10)13/h1-4,7,11,16-17H,5-6H2,(H2,14,15). The summed E-state index contributed by atoms with van der Waals surface area (Å²) in [6.45, 7) is 0. The van der Waals surface area contributed by atoms with E-state index in [1.54, 1.807) is 0 Å². The van der Waals surface area contributed by atoms with Crippen LogP contribution < -0.4 is 5.73 Å². The van der Waals surface area contributed by atoms with Gasteiger partial charge in [0.2, 0.25) is 0 Å². The quantitative estimate of drug-likeness (QED) is 0.634. The molecule has 1 aromatic carbocycles. The Morgan fingerprint density at radius 2 is 2.00 bits per heavy atom. The summed E-state index contributed by atoms with van der Waals surface area (Å²) in [7, 11) is 0.